The Hall–Kier alpha value is -2.46. The zero-order valence-corrected chi connectivity index (χ0v) is 13.6. The predicted octanol–water partition coefficient (Wildman–Crippen LogP) is 2.24. The van der Waals surface area contributed by atoms with Gasteiger partial charge in [0.1, 0.15) is 12.6 Å². The summed E-state index contributed by atoms with van der Waals surface area (Å²) in [4.78, 5) is 17.4. The second kappa shape index (κ2) is 6.75. The SMILES string of the molecule is CCn1c([C@H](C)[NH2+]Cc2ccccc2)nc2ccccc2c1=O. The minimum Gasteiger partial charge on any atom is -0.334 e. The molecule has 2 aromatic carbocycles. The molecule has 0 saturated carbocycles. The molecule has 0 fully saturated rings. The fraction of sp³-hybridized carbons (Fsp3) is 0.263. The van der Waals surface area contributed by atoms with Crippen LogP contribution in [0.1, 0.15) is 31.3 Å². The van der Waals surface area contributed by atoms with Crippen molar-refractivity contribution in [2.75, 3.05) is 0 Å². The number of benzene rings is 2. The Morgan fingerprint density at radius 1 is 1.09 bits per heavy atom. The fourth-order valence-electron chi connectivity index (χ4n) is 2.87. The quantitative estimate of drug-likeness (QED) is 0.786. The number of hydrogen-bond donors (Lipinski definition) is 1. The van der Waals surface area contributed by atoms with E-state index in [0.29, 0.717) is 11.9 Å². The highest BCUT2D eigenvalue weighted by Gasteiger charge is 2.17. The number of rotatable bonds is 5. The van der Waals surface area contributed by atoms with Gasteiger partial charge >= 0.3 is 0 Å². The molecule has 0 unspecified atom stereocenters. The molecule has 1 aromatic heterocycles. The summed E-state index contributed by atoms with van der Waals surface area (Å²) in [7, 11) is 0. The van der Waals surface area contributed by atoms with Gasteiger partial charge in [-0.2, -0.15) is 0 Å². The lowest BCUT2D eigenvalue weighted by Crippen LogP contribution is -2.83. The number of para-hydroxylation sites is 1. The lowest BCUT2D eigenvalue weighted by atomic mass is 10.2. The zero-order chi connectivity index (χ0) is 16.2. The first kappa shape index (κ1) is 15.4. The van der Waals surface area contributed by atoms with E-state index < -0.39 is 0 Å². The van der Waals surface area contributed by atoms with Gasteiger partial charge in [0.2, 0.25) is 0 Å². The summed E-state index contributed by atoms with van der Waals surface area (Å²) in [6.45, 7) is 5.60. The van der Waals surface area contributed by atoms with Crippen LogP contribution >= 0.6 is 0 Å². The van der Waals surface area contributed by atoms with Crippen molar-refractivity contribution >= 4 is 10.9 Å². The highest BCUT2D eigenvalue weighted by atomic mass is 16.1. The van der Waals surface area contributed by atoms with E-state index in [1.54, 1.807) is 4.57 Å². The van der Waals surface area contributed by atoms with Crippen molar-refractivity contribution in [1.82, 2.24) is 9.55 Å². The van der Waals surface area contributed by atoms with Crippen LogP contribution in [0, 0.1) is 0 Å². The third kappa shape index (κ3) is 3.17. The van der Waals surface area contributed by atoms with Crippen molar-refractivity contribution in [3.63, 3.8) is 0 Å². The molecule has 0 spiro atoms. The highest BCUT2D eigenvalue weighted by Crippen LogP contribution is 2.11. The molecule has 0 bridgehead atoms. The summed E-state index contributed by atoms with van der Waals surface area (Å²) >= 11 is 0. The van der Waals surface area contributed by atoms with Crippen molar-refractivity contribution < 1.29 is 5.32 Å². The number of hydrogen-bond acceptors (Lipinski definition) is 2. The maximum Gasteiger partial charge on any atom is 0.261 e. The Kier molecular flexibility index (Phi) is 4.53. The van der Waals surface area contributed by atoms with E-state index in [1.807, 2.05) is 49.4 Å². The maximum atomic E-state index is 12.7. The number of nitrogens with two attached hydrogens (primary N) is 1. The molecular weight excluding hydrogens is 286 g/mol. The molecule has 0 aliphatic heterocycles. The van der Waals surface area contributed by atoms with Gasteiger partial charge in [0, 0.05) is 12.1 Å². The third-order valence-electron chi connectivity index (χ3n) is 4.16. The molecule has 0 radical (unpaired) electrons. The van der Waals surface area contributed by atoms with Crippen LogP contribution in [0.5, 0.6) is 0 Å². The van der Waals surface area contributed by atoms with Crippen LogP contribution in [-0.2, 0) is 13.1 Å². The van der Waals surface area contributed by atoms with Crippen LogP contribution < -0.4 is 10.9 Å². The molecular formula is C19H22N3O+. The van der Waals surface area contributed by atoms with Crippen LogP contribution in [-0.4, -0.2) is 9.55 Å². The van der Waals surface area contributed by atoms with Crippen molar-refractivity contribution in [3.05, 3.63) is 76.3 Å². The van der Waals surface area contributed by atoms with E-state index in [2.05, 4.69) is 24.4 Å². The van der Waals surface area contributed by atoms with Crippen molar-refractivity contribution in [1.29, 1.82) is 0 Å². The van der Waals surface area contributed by atoms with Crippen molar-refractivity contribution in [2.45, 2.75) is 33.0 Å². The monoisotopic (exact) mass is 308 g/mol. The third-order valence-corrected chi connectivity index (χ3v) is 4.16. The number of fused-ring (bicyclic) bond motifs is 1. The molecule has 0 saturated heterocycles. The van der Waals surface area contributed by atoms with E-state index in [4.69, 9.17) is 4.98 Å². The average molecular weight is 308 g/mol. The lowest BCUT2D eigenvalue weighted by Gasteiger charge is -2.16. The Morgan fingerprint density at radius 3 is 2.52 bits per heavy atom. The molecule has 2 N–H and O–H groups in total. The van der Waals surface area contributed by atoms with Gasteiger partial charge in [0.15, 0.2) is 5.82 Å². The van der Waals surface area contributed by atoms with Crippen LogP contribution in [0.3, 0.4) is 0 Å². The standard InChI is InChI=1S/C19H21N3O/c1-3-22-18(14(2)20-13-15-9-5-4-6-10-15)21-17-12-8-7-11-16(17)19(22)23/h4-12,14,20H,3,13H2,1-2H3/p+1/t14-/m0/s1. The van der Waals surface area contributed by atoms with Gasteiger partial charge in [-0.1, -0.05) is 42.5 Å². The van der Waals surface area contributed by atoms with Gasteiger partial charge in [-0.3, -0.25) is 9.36 Å². The minimum absolute atomic E-state index is 0.0491. The van der Waals surface area contributed by atoms with Gasteiger partial charge in [0.25, 0.3) is 5.56 Å². The summed E-state index contributed by atoms with van der Waals surface area (Å²) in [6.07, 6.45) is 0. The highest BCUT2D eigenvalue weighted by molar-refractivity contribution is 5.77. The molecule has 4 heteroatoms. The second-order valence-electron chi connectivity index (χ2n) is 5.75. The van der Waals surface area contributed by atoms with Gasteiger partial charge in [-0.05, 0) is 26.0 Å². The minimum atomic E-state index is 0.0491. The number of nitrogens with zero attached hydrogens (tertiary/aromatic N) is 2. The number of aromatic nitrogens is 2. The van der Waals surface area contributed by atoms with Gasteiger partial charge < -0.3 is 5.32 Å². The molecule has 23 heavy (non-hydrogen) atoms. The summed E-state index contributed by atoms with van der Waals surface area (Å²) in [5.41, 5.74) is 2.09. The topological polar surface area (TPSA) is 51.5 Å². The van der Waals surface area contributed by atoms with E-state index in [9.17, 15) is 4.79 Å². The zero-order valence-electron chi connectivity index (χ0n) is 13.6. The van der Waals surface area contributed by atoms with Gasteiger partial charge in [-0.25, -0.2) is 4.98 Å². The first-order valence-electron chi connectivity index (χ1n) is 8.07. The largest absolute Gasteiger partial charge is 0.334 e. The fourth-order valence-corrected chi connectivity index (χ4v) is 2.87. The molecule has 4 nitrogen and oxygen atoms in total. The van der Waals surface area contributed by atoms with E-state index in [-0.39, 0.29) is 11.6 Å². The maximum absolute atomic E-state index is 12.7. The Morgan fingerprint density at radius 2 is 1.78 bits per heavy atom. The molecule has 3 aromatic rings. The molecule has 0 aliphatic rings. The molecule has 118 valence electrons. The molecule has 1 heterocycles. The van der Waals surface area contributed by atoms with Crippen LogP contribution in [0.2, 0.25) is 0 Å². The Balaban J connectivity index is 1.93. The predicted molar refractivity (Wildman–Crippen MR) is 92.2 cm³/mol. The smallest absolute Gasteiger partial charge is 0.261 e. The lowest BCUT2D eigenvalue weighted by molar-refractivity contribution is -0.709. The molecule has 3 rings (SSSR count). The molecule has 0 aliphatic carbocycles. The van der Waals surface area contributed by atoms with E-state index in [0.717, 1.165) is 17.9 Å². The van der Waals surface area contributed by atoms with Crippen LogP contribution in [0.15, 0.2) is 59.4 Å². The average Bonchev–Trinajstić information content (AvgIpc) is 2.60. The van der Waals surface area contributed by atoms with Crippen molar-refractivity contribution in [2.24, 2.45) is 0 Å². The summed E-state index contributed by atoms with van der Waals surface area (Å²) in [5.74, 6) is 0.840. The van der Waals surface area contributed by atoms with Crippen molar-refractivity contribution in [3.8, 4) is 0 Å². The first-order chi connectivity index (χ1) is 11.2. The van der Waals surface area contributed by atoms with Gasteiger partial charge in [-0.15, -0.1) is 0 Å². The molecule has 1 atom stereocenters. The van der Waals surface area contributed by atoms with E-state index >= 15 is 0 Å². The Bertz CT molecular complexity index is 855. The van der Waals surface area contributed by atoms with Crippen LogP contribution in [0.25, 0.3) is 10.9 Å². The number of quaternary nitrogens is 1. The normalized spacial score (nSPS) is 12.4. The van der Waals surface area contributed by atoms with Crippen LogP contribution in [0.4, 0.5) is 0 Å². The second-order valence-corrected chi connectivity index (χ2v) is 5.75. The van der Waals surface area contributed by atoms with E-state index in [1.165, 1.54) is 5.56 Å². The van der Waals surface area contributed by atoms with Gasteiger partial charge in [0.05, 0.1) is 10.9 Å². The summed E-state index contributed by atoms with van der Waals surface area (Å²) < 4.78 is 1.79. The first-order valence-corrected chi connectivity index (χ1v) is 8.07. The summed E-state index contributed by atoms with van der Waals surface area (Å²) in [6, 6.07) is 18.0. The summed E-state index contributed by atoms with van der Waals surface area (Å²) in [5, 5.41) is 2.91. The molecule has 0 amide bonds. The Labute approximate surface area is 135 Å².